The number of nitrogens with zero attached hydrogens (tertiary/aromatic N) is 2. The van der Waals surface area contributed by atoms with Crippen LogP contribution in [0.5, 0.6) is 0 Å². The Kier molecular flexibility index (Phi) is 6.06. The molecule has 4 rings (SSSR count). The van der Waals surface area contributed by atoms with Crippen molar-refractivity contribution in [3.8, 4) is 0 Å². The highest BCUT2D eigenvalue weighted by atomic mass is 32.2. The standard InChI is InChI=1S/C22H23N3O3S2/c1-14(26)16-4-2-5-18(9-16)23-20(27)13-30-22(29)24-10-15-8-17(12-24)19-6-3-7-21(28)25(19)11-15/h2-7,9,15,17H,8,10-13H2,1H3,(H,23,27)/t15-,17-/m0/s1. The maximum absolute atomic E-state index is 12.3. The topological polar surface area (TPSA) is 71.4 Å². The molecule has 30 heavy (non-hydrogen) atoms. The number of Topliss-reactive ketones (excluding diaryl/α,β-unsaturated/α-hetero) is 1. The number of thioether (sulfide) groups is 1. The highest BCUT2D eigenvalue weighted by molar-refractivity contribution is 8.23. The lowest BCUT2D eigenvalue weighted by Crippen LogP contribution is -2.48. The SMILES string of the molecule is CC(=O)c1cccc(NC(=O)CSC(=S)N2C[C@@H]3C[C@@H](C2)c2cccc(=O)n2C3)c1. The van der Waals surface area contributed by atoms with E-state index < -0.39 is 0 Å². The molecule has 2 aromatic rings. The van der Waals surface area contributed by atoms with Gasteiger partial charge in [0.05, 0.1) is 5.75 Å². The highest BCUT2D eigenvalue weighted by Gasteiger charge is 2.35. The number of amides is 1. The molecule has 8 heteroatoms. The minimum absolute atomic E-state index is 0.0406. The number of likely N-dealkylation sites (tertiary alicyclic amines) is 1. The minimum Gasteiger partial charge on any atom is -0.356 e. The molecule has 2 aliphatic heterocycles. The Bertz CT molecular complexity index is 1070. The molecule has 0 saturated carbocycles. The third-order valence-electron chi connectivity index (χ3n) is 5.62. The van der Waals surface area contributed by atoms with E-state index in [0.29, 0.717) is 21.5 Å². The van der Waals surface area contributed by atoms with Gasteiger partial charge >= 0.3 is 0 Å². The number of benzene rings is 1. The van der Waals surface area contributed by atoms with E-state index in [0.717, 1.165) is 31.7 Å². The Morgan fingerprint density at radius 3 is 2.77 bits per heavy atom. The summed E-state index contributed by atoms with van der Waals surface area (Å²) in [6, 6.07) is 12.4. The first kappa shape index (κ1) is 20.8. The van der Waals surface area contributed by atoms with Gasteiger partial charge in [-0.25, -0.2) is 0 Å². The number of thiocarbonyl (C=S) groups is 1. The maximum Gasteiger partial charge on any atom is 0.250 e. The molecule has 6 nitrogen and oxygen atoms in total. The number of carbonyl (C=O) groups is 2. The molecule has 0 aliphatic carbocycles. The summed E-state index contributed by atoms with van der Waals surface area (Å²) in [5.41, 5.74) is 2.32. The first-order valence-corrected chi connectivity index (χ1v) is 11.3. The van der Waals surface area contributed by atoms with Crippen molar-refractivity contribution in [3.05, 3.63) is 64.1 Å². The van der Waals surface area contributed by atoms with Gasteiger partial charge in [0, 0.05) is 48.6 Å². The van der Waals surface area contributed by atoms with Crippen molar-refractivity contribution in [2.45, 2.75) is 25.8 Å². The van der Waals surface area contributed by atoms with Gasteiger partial charge in [0.15, 0.2) is 5.78 Å². The number of fused-ring (bicyclic) bond motifs is 4. The van der Waals surface area contributed by atoms with Crippen molar-refractivity contribution < 1.29 is 9.59 Å². The van der Waals surface area contributed by atoms with Gasteiger partial charge in [-0.05, 0) is 37.5 Å². The van der Waals surface area contributed by atoms with Gasteiger partial charge in [0.25, 0.3) is 5.56 Å². The van der Waals surface area contributed by atoms with Gasteiger partial charge in [0.1, 0.15) is 4.32 Å². The number of hydrogen-bond acceptors (Lipinski definition) is 5. The van der Waals surface area contributed by atoms with E-state index in [9.17, 15) is 14.4 Å². The summed E-state index contributed by atoms with van der Waals surface area (Å²) in [7, 11) is 0. The molecule has 156 valence electrons. The number of ketones is 1. The second-order valence-electron chi connectivity index (χ2n) is 7.84. The largest absolute Gasteiger partial charge is 0.356 e. The Morgan fingerprint density at radius 1 is 1.17 bits per heavy atom. The Balaban J connectivity index is 1.34. The van der Waals surface area contributed by atoms with E-state index in [1.165, 1.54) is 18.7 Å². The van der Waals surface area contributed by atoms with Crippen LogP contribution in [-0.4, -0.2) is 44.3 Å². The molecule has 0 radical (unpaired) electrons. The fraction of sp³-hybridized carbons (Fsp3) is 0.364. The Morgan fingerprint density at radius 2 is 1.97 bits per heavy atom. The molecular formula is C22H23N3O3S2. The van der Waals surface area contributed by atoms with Crippen LogP contribution in [0.3, 0.4) is 0 Å². The van der Waals surface area contributed by atoms with Crippen LogP contribution in [0.4, 0.5) is 5.69 Å². The number of rotatable bonds is 4. The molecule has 2 bridgehead atoms. The summed E-state index contributed by atoms with van der Waals surface area (Å²) in [6.07, 6.45) is 1.07. The van der Waals surface area contributed by atoms with Crippen molar-refractivity contribution >= 4 is 45.7 Å². The third-order valence-corrected chi connectivity index (χ3v) is 7.14. The van der Waals surface area contributed by atoms with Gasteiger partial charge in [-0.1, -0.05) is 42.2 Å². The average molecular weight is 442 g/mol. The lowest BCUT2D eigenvalue weighted by Gasteiger charge is -2.43. The molecule has 0 unspecified atom stereocenters. The first-order valence-electron chi connectivity index (χ1n) is 9.93. The normalized spacial score (nSPS) is 19.7. The van der Waals surface area contributed by atoms with Crippen molar-refractivity contribution in [3.63, 3.8) is 0 Å². The molecule has 1 aromatic carbocycles. The van der Waals surface area contributed by atoms with Crippen LogP contribution >= 0.6 is 24.0 Å². The molecule has 3 heterocycles. The summed E-state index contributed by atoms with van der Waals surface area (Å²) >= 11 is 6.96. The smallest absolute Gasteiger partial charge is 0.250 e. The van der Waals surface area contributed by atoms with Gasteiger partial charge in [0.2, 0.25) is 5.91 Å². The number of pyridine rings is 1. The summed E-state index contributed by atoms with van der Waals surface area (Å²) in [5.74, 6) is 0.690. The van der Waals surface area contributed by atoms with E-state index in [1.807, 2.05) is 16.7 Å². The van der Waals surface area contributed by atoms with E-state index in [-0.39, 0.29) is 28.9 Å². The number of anilines is 1. The first-order chi connectivity index (χ1) is 14.4. The lowest BCUT2D eigenvalue weighted by atomic mass is 9.83. The molecule has 1 fully saturated rings. The van der Waals surface area contributed by atoms with Gasteiger partial charge in [-0.2, -0.15) is 0 Å². The van der Waals surface area contributed by atoms with Crippen LogP contribution in [0.2, 0.25) is 0 Å². The molecule has 1 saturated heterocycles. The highest BCUT2D eigenvalue weighted by Crippen LogP contribution is 2.36. The zero-order chi connectivity index (χ0) is 21.3. The van der Waals surface area contributed by atoms with Crippen LogP contribution < -0.4 is 10.9 Å². The Labute approximate surface area is 184 Å². The van der Waals surface area contributed by atoms with Crippen LogP contribution in [0, 0.1) is 5.92 Å². The maximum atomic E-state index is 12.3. The summed E-state index contributed by atoms with van der Waals surface area (Å²) in [6.45, 7) is 3.81. The van der Waals surface area contributed by atoms with Crippen LogP contribution in [0.1, 0.15) is 35.3 Å². The van der Waals surface area contributed by atoms with Crippen LogP contribution in [0.15, 0.2) is 47.3 Å². The monoisotopic (exact) mass is 441 g/mol. The van der Waals surface area contributed by atoms with Crippen molar-refractivity contribution in [1.29, 1.82) is 0 Å². The second-order valence-corrected chi connectivity index (χ2v) is 9.45. The molecule has 2 atom stereocenters. The van der Waals surface area contributed by atoms with E-state index in [2.05, 4.69) is 10.2 Å². The van der Waals surface area contributed by atoms with E-state index in [4.69, 9.17) is 12.2 Å². The predicted molar refractivity (Wildman–Crippen MR) is 123 cm³/mol. The quantitative estimate of drug-likeness (QED) is 0.581. The molecule has 2 aliphatic rings. The number of hydrogen-bond donors (Lipinski definition) is 1. The second kappa shape index (κ2) is 8.73. The number of nitrogens with one attached hydrogen (secondary N) is 1. The zero-order valence-corrected chi connectivity index (χ0v) is 18.3. The van der Waals surface area contributed by atoms with Gasteiger partial charge in [-0.3, -0.25) is 14.4 Å². The van der Waals surface area contributed by atoms with Crippen molar-refractivity contribution in [2.75, 3.05) is 24.2 Å². The van der Waals surface area contributed by atoms with Gasteiger partial charge in [-0.15, -0.1) is 0 Å². The van der Waals surface area contributed by atoms with Crippen molar-refractivity contribution in [1.82, 2.24) is 9.47 Å². The minimum atomic E-state index is -0.155. The molecule has 1 N–H and O–H groups in total. The van der Waals surface area contributed by atoms with Gasteiger partial charge < -0.3 is 14.8 Å². The fourth-order valence-electron chi connectivity index (χ4n) is 4.28. The molecular weight excluding hydrogens is 418 g/mol. The van der Waals surface area contributed by atoms with Crippen LogP contribution in [-0.2, 0) is 11.3 Å². The molecule has 1 amide bonds. The van der Waals surface area contributed by atoms with E-state index in [1.54, 1.807) is 30.3 Å². The van der Waals surface area contributed by atoms with Crippen molar-refractivity contribution in [2.24, 2.45) is 5.92 Å². The summed E-state index contributed by atoms with van der Waals surface area (Å²) in [5, 5.41) is 2.83. The number of aromatic nitrogens is 1. The fourth-order valence-corrected chi connectivity index (χ4v) is 5.26. The lowest BCUT2D eigenvalue weighted by molar-refractivity contribution is -0.113. The third kappa shape index (κ3) is 4.49. The average Bonchev–Trinajstić information content (AvgIpc) is 2.73. The summed E-state index contributed by atoms with van der Waals surface area (Å²) < 4.78 is 2.61. The van der Waals surface area contributed by atoms with Crippen LogP contribution in [0.25, 0.3) is 0 Å². The molecule has 1 aromatic heterocycles. The number of carbonyl (C=O) groups excluding carboxylic acids is 2. The molecule has 0 spiro atoms. The zero-order valence-electron chi connectivity index (χ0n) is 16.7. The predicted octanol–water partition coefficient (Wildman–Crippen LogP) is 3.13. The number of piperidine rings is 1. The Hall–Kier alpha value is -2.45. The summed E-state index contributed by atoms with van der Waals surface area (Å²) in [4.78, 5) is 38.2. The van der Waals surface area contributed by atoms with E-state index >= 15 is 0 Å².